The summed E-state index contributed by atoms with van der Waals surface area (Å²) in [7, 11) is -2.10. The number of sulfonamides is 1. The molecule has 0 radical (unpaired) electrons. The lowest BCUT2D eigenvalue weighted by molar-refractivity contribution is 0.588. The number of aryl methyl sites for hydroxylation is 1. The fourth-order valence-corrected chi connectivity index (χ4v) is 2.56. The predicted octanol–water partition coefficient (Wildman–Crippen LogP) is 0.340. The molecule has 0 saturated carbocycles. The topological polar surface area (TPSA) is 126 Å². The van der Waals surface area contributed by atoms with Crippen LogP contribution in [-0.4, -0.2) is 37.2 Å². The third-order valence-corrected chi connectivity index (χ3v) is 4.39. The van der Waals surface area contributed by atoms with Crippen molar-refractivity contribution in [2.24, 2.45) is 0 Å². The molecule has 0 fully saturated rings. The quantitative estimate of drug-likeness (QED) is 0.431. The van der Waals surface area contributed by atoms with Gasteiger partial charge in [0.2, 0.25) is 10.0 Å². The van der Waals surface area contributed by atoms with Crippen LogP contribution in [0.2, 0.25) is 0 Å². The number of rotatable bonds is 7. The van der Waals surface area contributed by atoms with E-state index in [1.54, 1.807) is 6.07 Å². The van der Waals surface area contributed by atoms with E-state index < -0.39 is 10.0 Å². The summed E-state index contributed by atoms with van der Waals surface area (Å²) in [6.45, 7) is 0.647. The van der Waals surface area contributed by atoms with Gasteiger partial charge in [0.05, 0.1) is 16.3 Å². The second kappa shape index (κ2) is 6.55. The van der Waals surface area contributed by atoms with E-state index in [0.717, 1.165) is 18.7 Å². The van der Waals surface area contributed by atoms with Gasteiger partial charge in [-0.25, -0.2) is 18.1 Å². The van der Waals surface area contributed by atoms with Crippen molar-refractivity contribution in [1.29, 1.82) is 0 Å². The Kier molecular flexibility index (Phi) is 4.76. The molecule has 5 N–H and O–H groups in total. The third kappa shape index (κ3) is 3.92. The Morgan fingerprint density at radius 1 is 1.38 bits per heavy atom. The van der Waals surface area contributed by atoms with Crippen LogP contribution in [0.1, 0.15) is 12.2 Å². The molecular formula is C12H18N6O2S. The molecule has 8 nitrogen and oxygen atoms in total. The summed E-state index contributed by atoms with van der Waals surface area (Å²) >= 11 is 0. The zero-order chi connectivity index (χ0) is 15.3. The number of benzene rings is 1. The molecule has 0 saturated heterocycles. The minimum Gasteiger partial charge on any atom is -0.397 e. The van der Waals surface area contributed by atoms with E-state index in [-0.39, 0.29) is 4.90 Å². The van der Waals surface area contributed by atoms with Gasteiger partial charge in [-0.05, 0) is 31.7 Å². The van der Waals surface area contributed by atoms with E-state index in [1.165, 1.54) is 25.5 Å². The van der Waals surface area contributed by atoms with Gasteiger partial charge in [0.1, 0.15) is 12.2 Å². The van der Waals surface area contributed by atoms with Crippen molar-refractivity contribution in [3.05, 3.63) is 30.4 Å². The van der Waals surface area contributed by atoms with E-state index in [0.29, 0.717) is 17.9 Å². The van der Waals surface area contributed by atoms with Gasteiger partial charge in [-0.1, -0.05) is 0 Å². The van der Waals surface area contributed by atoms with Crippen LogP contribution < -0.4 is 15.8 Å². The normalized spacial score (nSPS) is 11.5. The molecule has 9 heteroatoms. The van der Waals surface area contributed by atoms with Gasteiger partial charge in [-0.2, -0.15) is 5.10 Å². The van der Waals surface area contributed by atoms with E-state index in [4.69, 9.17) is 5.73 Å². The number of nitrogens with two attached hydrogens (primary N) is 1. The number of nitrogen functional groups attached to an aromatic ring is 1. The Morgan fingerprint density at radius 3 is 2.86 bits per heavy atom. The molecule has 0 aliphatic heterocycles. The molecule has 1 heterocycles. The molecule has 0 bridgehead atoms. The van der Waals surface area contributed by atoms with E-state index in [9.17, 15) is 8.42 Å². The lowest BCUT2D eigenvalue weighted by Gasteiger charge is -2.11. The number of H-pyrrole nitrogens is 1. The van der Waals surface area contributed by atoms with Crippen LogP contribution in [0, 0.1) is 0 Å². The highest BCUT2D eigenvalue weighted by atomic mass is 32.2. The average Bonchev–Trinajstić information content (AvgIpc) is 2.98. The monoisotopic (exact) mass is 310 g/mol. The van der Waals surface area contributed by atoms with Crippen molar-refractivity contribution in [2.45, 2.75) is 17.7 Å². The lowest BCUT2D eigenvalue weighted by atomic mass is 10.2. The average molecular weight is 310 g/mol. The van der Waals surface area contributed by atoms with E-state index in [2.05, 4.69) is 25.2 Å². The number of aromatic nitrogens is 3. The van der Waals surface area contributed by atoms with Crippen LogP contribution in [0.5, 0.6) is 0 Å². The van der Waals surface area contributed by atoms with Gasteiger partial charge in [0.25, 0.3) is 0 Å². The van der Waals surface area contributed by atoms with Gasteiger partial charge < -0.3 is 11.1 Å². The molecule has 0 unspecified atom stereocenters. The summed E-state index contributed by atoms with van der Waals surface area (Å²) in [5.74, 6) is 0.816. The maximum atomic E-state index is 11.8. The van der Waals surface area contributed by atoms with E-state index >= 15 is 0 Å². The largest absolute Gasteiger partial charge is 0.397 e. The molecule has 0 atom stereocenters. The van der Waals surface area contributed by atoms with Crippen LogP contribution >= 0.6 is 0 Å². The molecule has 114 valence electrons. The Labute approximate surface area is 123 Å². The Morgan fingerprint density at radius 2 is 2.19 bits per heavy atom. The SMILES string of the molecule is CNS(=O)(=O)c1ccc(N)c(NCCCc2ncn[nH]2)c1. The van der Waals surface area contributed by atoms with Crippen molar-refractivity contribution in [2.75, 3.05) is 24.6 Å². The zero-order valence-electron chi connectivity index (χ0n) is 11.6. The maximum absolute atomic E-state index is 11.8. The summed E-state index contributed by atoms with van der Waals surface area (Å²) in [6, 6.07) is 4.57. The molecule has 21 heavy (non-hydrogen) atoms. The number of hydrogen-bond acceptors (Lipinski definition) is 6. The Bertz CT molecular complexity index is 684. The molecular weight excluding hydrogens is 292 g/mol. The summed E-state index contributed by atoms with van der Waals surface area (Å²) in [6.07, 6.45) is 3.03. The van der Waals surface area contributed by atoms with Gasteiger partial charge >= 0.3 is 0 Å². The van der Waals surface area contributed by atoms with Crippen molar-refractivity contribution >= 4 is 21.4 Å². The van der Waals surface area contributed by atoms with Gasteiger partial charge in [0.15, 0.2) is 0 Å². The van der Waals surface area contributed by atoms with Crippen molar-refractivity contribution < 1.29 is 8.42 Å². The van der Waals surface area contributed by atoms with E-state index in [1.807, 2.05) is 0 Å². The first-order valence-electron chi connectivity index (χ1n) is 6.44. The molecule has 1 aromatic heterocycles. The second-order valence-corrected chi connectivity index (χ2v) is 6.31. The highest BCUT2D eigenvalue weighted by molar-refractivity contribution is 7.89. The van der Waals surface area contributed by atoms with Gasteiger partial charge in [-0.3, -0.25) is 5.10 Å². The Hall–Kier alpha value is -2.13. The summed E-state index contributed by atoms with van der Waals surface area (Å²) < 4.78 is 25.8. The third-order valence-electron chi connectivity index (χ3n) is 2.97. The molecule has 0 spiro atoms. The van der Waals surface area contributed by atoms with Crippen LogP contribution in [0.25, 0.3) is 0 Å². The van der Waals surface area contributed by atoms with Crippen LogP contribution in [0.3, 0.4) is 0 Å². The first-order valence-corrected chi connectivity index (χ1v) is 7.92. The fraction of sp³-hybridized carbons (Fsp3) is 0.333. The van der Waals surface area contributed by atoms with Crippen LogP contribution in [-0.2, 0) is 16.4 Å². The smallest absolute Gasteiger partial charge is 0.240 e. The standard InChI is InChI=1S/C12H18N6O2S/c1-14-21(19,20)9-4-5-10(13)11(7-9)15-6-2-3-12-16-8-17-18-12/h4-5,7-8,14-15H,2-3,6,13H2,1H3,(H,16,17,18). The van der Waals surface area contributed by atoms with Gasteiger partial charge in [0, 0.05) is 13.0 Å². The number of nitrogens with one attached hydrogen (secondary N) is 3. The van der Waals surface area contributed by atoms with Crippen LogP contribution in [0.4, 0.5) is 11.4 Å². The number of hydrogen-bond donors (Lipinski definition) is 4. The first kappa shape index (κ1) is 15.3. The molecule has 0 aliphatic rings. The maximum Gasteiger partial charge on any atom is 0.240 e. The summed E-state index contributed by atoms with van der Waals surface area (Å²) in [4.78, 5) is 4.21. The van der Waals surface area contributed by atoms with Crippen LogP contribution in [0.15, 0.2) is 29.4 Å². The van der Waals surface area contributed by atoms with Gasteiger partial charge in [-0.15, -0.1) is 0 Å². The first-order chi connectivity index (χ1) is 10.0. The molecule has 0 amide bonds. The number of aromatic amines is 1. The summed E-state index contributed by atoms with van der Waals surface area (Å²) in [5.41, 5.74) is 6.95. The highest BCUT2D eigenvalue weighted by Crippen LogP contribution is 2.22. The number of anilines is 2. The highest BCUT2D eigenvalue weighted by Gasteiger charge is 2.12. The fourth-order valence-electron chi connectivity index (χ4n) is 1.80. The molecule has 0 aliphatic carbocycles. The van der Waals surface area contributed by atoms with Crippen molar-refractivity contribution in [1.82, 2.24) is 19.9 Å². The Balaban J connectivity index is 1.97. The predicted molar refractivity (Wildman–Crippen MR) is 80.3 cm³/mol. The molecule has 2 aromatic rings. The zero-order valence-corrected chi connectivity index (χ0v) is 12.4. The minimum atomic E-state index is -3.47. The van der Waals surface area contributed by atoms with Crippen molar-refractivity contribution in [3.63, 3.8) is 0 Å². The minimum absolute atomic E-state index is 0.178. The molecule has 2 rings (SSSR count). The lowest BCUT2D eigenvalue weighted by Crippen LogP contribution is -2.19. The van der Waals surface area contributed by atoms with Crippen molar-refractivity contribution in [3.8, 4) is 0 Å². The number of nitrogens with zero attached hydrogens (tertiary/aromatic N) is 2. The second-order valence-electron chi connectivity index (χ2n) is 4.42. The molecule has 1 aromatic carbocycles. The summed E-state index contributed by atoms with van der Waals surface area (Å²) in [5, 5.41) is 9.69.